The highest BCUT2D eigenvalue weighted by molar-refractivity contribution is 6.31. The van der Waals surface area contributed by atoms with Crippen molar-refractivity contribution in [3.05, 3.63) is 218 Å². The fourth-order valence-electron chi connectivity index (χ4n) is 10.7. The molecule has 63 heavy (non-hydrogen) atoms. The van der Waals surface area contributed by atoms with Crippen molar-refractivity contribution in [3.63, 3.8) is 0 Å². The molecule has 0 saturated carbocycles. The SMILES string of the molecule is c1ccc(-c2ccc(-n3c4ccc5c6ccccc6oc5c4c4ccc5c(c6ccccc6n5-c5ccc(-c6ccc7c8ccccc8c8ccccc8c7c6)cc5)c43)cc2)cc1. The van der Waals surface area contributed by atoms with Gasteiger partial charge in [0.15, 0.2) is 0 Å². The Balaban J connectivity index is 0.993. The summed E-state index contributed by atoms with van der Waals surface area (Å²) in [7, 11) is 0. The maximum absolute atomic E-state index is 6.77. The standard InChI is InChI=1S/C60H36N2O/c1-2-12-37(13-3-1)38-22-29-42(30-23-38)62-55-34-32-49-48-18-9-11-21-56(48)63-60(49)58(55)51-33-35-54-57(59(51)62)50-19-8-10-20-53(50)61(54)41-27-24-39(25-28-41)40-26-31-47-45-16-5-4-14-43(45)44-15-6-7-17-46(44)52(47)36-40/h1-36H. The van der Waals surface area contributed by atoms with Gasteiger partial charge in [0.25, 0.3) is 0 Å². The van der Waals surface area contributed by atoms with Gasteiger partial charge in [-0.05, 0) is 121 Å². The number of furan rings is 1. The maximum Gasteiger partial charge on any atom is 0.145 e. The minimum Gasteiger partial charge on any atom is -0.455 e. The number of fused-ring (bicyclic) bond motifs is 17. The van der Waals surface area contributed by atoms with Crippen molar-refractivity contribution in [3.8, 4) is 33.6 Å². The molecule has 3 heterocycles. The number of benzene rings is 11. The molecule has 0 bridgehead atoms. The second-order valence-electron chi connectivity index (χ2n) is 16.8. The molecule has 0 atom stereocenters. The van der Waals surface area contributed by atoms with Crippen LogP contribution >= 0.6 is 0 Å². The van der Waals surface area contributed by atoms with Gasteiger partial charge in [-0.15, -0.1) is 0 Å². The van der Waals surface area contributed by atoms with Crippen molar-refractivity contribution in [1.82, 2.24) is 9.13 Å². The lowest BCUT2D eigenvalue weighted by Crippen LogP contribution is -1.95. The van der Waals surface area contributed by atoms with Gasteiger partial charge in [0, 0.05) is 38.3 Å². The second kappa shape index (κ2) is 13.1. The minimum absolute atomic E-state index is 0.903. The van der Waals surface area contributed by atoms with E-state index >= 15 is 0 Å². The van der Waals surface area contributed by atoms with Crippen molar-refractivity contribution >= 4 is 97.9 Å². The molecule has 0 saturated heterocycles. The van der Waals surface area contributed by atoms with Gasteiger partial charge in [-0.25, -0.2) is 0 Å². The molecular weight excluding hydrogens is 765 g/mol. The quantitative estimate of drug-likeness (QED) is 0.163. The van der Waals surface area contributed by atoms with E-state index in [-0.39, 0.29) is 0 Å². The van der Waals surface area contributed by atoms with E-state index in [0.717, 1.165) is 49.7 Å². The normalized spacial score (nSPS) is 12.1. The number of aromatic nitrogens is 2. The third-order valence-electron chi connectivity index (χ3n) is 13.5. The zero-order valence-corrected chi connectivity index (χ0v) is 34.1. The van der Waals surface area contributed by atoms with E-state index < -0.39 is 0 Å². The van der Waals surface area contributed by atoms with Gasteiger partial charge in [0.2, 0.25) is 0 Å². The van der Waals surface area contributed by atoms with Crippen LogP contribution in [0.3, 0.4) is 0 Å². The number of hydrogen-bond donors (Lipinski definition) is 0. The van der Waals surface area contributed by atoms with Gasteiger partial charge in [-0.1, -0.05) is 152 Å². The van der Waals surface area contributed by atoms with Crippen LogP contribution in [0.25, 0.3) is 131 Å². The fraction of sp³-hybridized carbons (Fsp3) is 0. The number of rotatable bonds is 4. The fourth-order valence-corrected chi connectivity index (χ4v) is 10.7. The summed E-state index contributed by atoms with van der Waals surface area (Å²) in [6.45, 7) is 0. The Bertz CT molecular complexity index is 4130. The van der Waals surface area contributed by atoms with Crippen molar-refractivity contribution in [1.29, 1.82) is 0 Å². The Kier molecular flexibility index (Phi) is 7.11. The lowest BCUT2D eigenvalue weighted by Gasteiger charge is -2.13. The highest BCUT2D eigenvalue weighted by Gasteiger charge is 2.24. The molecule has 0 radical (unpaired) electrons. The molecule has 14 aromatic rings. The molecule has 0 aliphatic heterocycles. The summed E-state index contributed by atoms with van der Waals surface area (Å²) in [6.07, 6.45) is 0. The average Bonchev–Trinajstić information content (AvgIpc) is 4.02. The zero-order chi connectivity index (χ0) is 41.2. The molecule has 0 unspecified atom stereocenters. The molecule has 0 N–H and O–H groups in total. The van der Waals surface area contributed by atoms with E-state index in [1.54, 1.807) is 0 Å². The molecule has 0 amide bonds. The first-order chi connectivity index (χ1) is 31.3. The summed E-state index contributed by atoms with van der Waals surface area (Å²) in [4.78, 5) is 0. The van der Waals surface area contributed by atoms with Crippen molar-refractivity contribution in [2.75, 3.05) is 0 Å². The highest BCUT2D eigenvalue weighted by atomic mass is 16.3. The monoisotopic (exact) mass is 800 g/mol. The molecule has 0 aliphatic rings. The van der Waals surface area contributed by atoms with Crippen LogP contribution in [0.4, 0.5) is 0 Å². The van der Waals surface area contributed by atoms with E-state index in [4.69, 9.17) is 4.42 Å². The molecule has 3 nitrogen and oxygen atoms in total. The molecule has 3 heteroatoms. The largest absolute Gasteiger partial charge is 0.455 e. The van der Waals surface area contributed by atoms with Gasteiger partial charge in [-0.3, -0.25) is 0 Å². The summed E-state index contributed by atoms with van der Waals surface area (Å²) in [5, 5.41) is 14.7. The van der Waals surface area contributed by atoms with E-state index in [1.165, 1.54) is 81.8 Å². The summed E-state index contributed by atoms with van der Waals surface area (Å²) in [5.74, 6) is 0. The van der Waals surface area contributed by atoms with E-state index in [1.807, 2.05) is 0 Å². The first kappa shape index (κ1) is 34.3. The predicted octanol–water partition coefficient (Wildman–Crippen LogP) is 16.6. The third kappa shape index (κ3) is 4.90. The molecule has 3 aromatic heterocycles. The smallest absolute Gasteiger partial charge is 0.145 e. The number of para-hydroxylation sites is 2. The van der Waals surface area contributed by atoms with E-state index in [2.05, 4.69) is 228 Å². The first-order valence-electron chi connectivity index (χ1n) is 21.7. The second-order valence-corrected chi connectivity index (χ2v) is 16.8. The van der Waals surface area contributed by atoms with Crippen molar-refractivity contribution in [2.45, 2.75) is 0 Å². The summed E-state index contributed by atoms with van der Waals surface area (Å²) in [5.41, 5.74) is 13.5. The van der Waals surface area contributed by atoms with E-state index in [9.17, 15) is 0 Å². The number of hydrogen-bond acceptors (Lipinski definition) is 1. The summed E-state index contributed by atoms with van der Waals surface area (Å²) >= 11 is 0. The Hall–Kier alpha value is -8.40. The van der Waals surface area contributed by atoms with Crippen molar-refractivity contribution in [2.24, 2.45) is 0 Å². The van der Waals surface area contributed by atoms with Crippen LogP contribution in [0.1, 0.15) is 0 Å². The third-order valence-corrected chi connectivity index (χ3v) is 13.5. The molecule has 0 aliphatic carbocycles. The Morgan fingerprint density at radius 2 is 0.746 bits per heavy atom. The van der Waals surface area contributed by atoms with Crippen LogP contribution in [0.15, 0.2) is 223 Å². The van der Waals surface area contributed by atoms with Crippen LogP contribution in [0.5, 0.6) is 0 Å². The molecule has 0 fully saturated rings. The topological polar surface area (TPSA) is 23.0 Å². The number of nitrogens with zero attached hydrogens (tertiary/aromatic N) is 2. The summed E-state index contributed by atoms with van der Waals surface area (Å²) in [6, 6.07) is 79.7. The van der Waals surface area contributed by atoms with E-state index in [0.29, 0.717) is 0 Å². The predicted molar refractivity (Wildman–Crippen MR) is 266 cm³/mol. The molecule has 0 spiro atoms. The lowest BCUT2D eigenvalue weighted by molar-refractivity contribution is 0.673. The maximum atomic E-state index is 6.77. The molecule has 11 aromatic carbocycles. The summed E-state index contributed by atoms with van der Waals surface area (Å²) < 4.78 is 11.7. The first-order valence-corrected chi connectivity index (χ1v) is 21.7. The zero-order valence-electron chi connectivity index (χ0n) is 34.1. The average molecular weight is 801 g/mol. The minimum atomic E-state index is 0.903. The van der Waals surface area contributed by atoms with Gasteiger partial charge in [0.05, 0.1) is 27.5 Å². The van der Waals surface area contributed by atoms with Crippen LogP contribution in [0.2, 0.25) is 0 Å². The van der Waals surface area contributed by atoms with Crippen LogP contribution in [0, 0.1) is 0 Å². The Labute approximate surface area is 361 Å². The van der Waals surface area contributed by atoms with Crippen LogP contribution in [-0.2, 0) is 0 Å². The Morgan fingerprint density at radius 1 is 0.270 bits per heavy atom. The Morgan fingerprint density at radius 3 is 1.44 bits per heavy atom. The van der Waals surface area contributed by atoms with Gasteiger partial charge >= 0.3 is 0 Å². The molecule has 292 valence electrons. The lowest BCUT2D eigenvalue weighted by atomic mass is 9.92. The highest BCUT2D eigenvalue weighted by Crippen LogP contribution is 2.46. The van der Waals surface area contributed by atoms with Gasteiger partial charge < -0.3 is 13.6 Å². The van der Waals surface area contributed by atoms with Crippen LogP contribution in [-0.4, -0.2) is 9.13 Å². The van der Waals surface area contributed by atoms with Crippen molar-refractivity contribution < 1.29 is 4.42 Å². The van der Waals surface area contributed by atoms with Gasteiger partial charge in [-0.2, -0.15) is 0 Å². The van der Waals surface area contributed by atoms with Gasteiger partial charge in [0.1, 0.15) is 11.2 Å². The van der Waals surface area contributed by atoms with Crippen LogP contribution < -0.4 is 0 Å². The molecular formula is C60H36N2O. The molecule has 14 rings (SSSR count).